The number of benzene rings is 2. The van der Waals surface area contributed by atoms with Gasteiger partial charge in [0.2, 0.25) is 23.3 Å². The molecular formula is C25H26ClN4O5+. The highest BCUT2D eigenvalue weighted by Gasteiger charge is 2.74. The van der Waals surface area contributed by atoms with Gasteiger partial charge in [0.25, 0.3) is 5.91 Å². The zero-order chi connectivity index (χ0) is 25.1. The lowest BCUT2D eigenvalue weighted by Crippen LogP contribution is -2.99. The number of carbonyl (C=O) groups is 4. The number of rotatable bonds is 6. The van der Waals surface area contributed by atoms with E-state index < -0.39 is 35.2 Å². The molecule has 4 amide bonds. The van der Waals surface area contributed by atoms with Crippen LogP contribution in [0.4, 0.5) is 5.69 Å². The van der Waals surface area contributed by atoms with Crippen LogP contribution in [0.1, 0.15) is 29.5 Å². The number of carbonyl (C=O) groups excluding carboxylic acids is 4. The molecule has 5 N–H and O–H groups in total. The molecule has 0 saturated carbocycles. The van der Waals surface area contributed by atoms with Crippen molar-refractivity contribution in [2.24, 2.45) is 17.6 Å². The van der Waals surface area contributed by atoms with E-state index >= 15 is 0 Å². The molecule has 9 nitrogen and oxygen atoms in total. The average molecular weight is 498 g/mol. The van der Waals surface area contributed by atoms with Crippen LogP contribution in [0.3, 0.4) is 0 Å². The first-order valence-electron chi connectivity index (χ1n) is 11.4. The van der Waals surface area contributed by atoms with E-state index in [1.165, 1.54) is 4.90 Å². The summed E-state index contributed by atoms with van der Waals surface area (Å²) in [5.74, 6) is -2.65. The Morgan fingerprint density at radius 1 is 1.20 bits per heavy atom. The second-order valence-electron chi connectivity index (χ2n) is 9.42. The number of imide groups is 1. The van der Waals surface area contributed by atoms with Crippen molar-refractivity contribution in [3.05, 3.63) is 58.1 Å². The zero-order valence-corrected chi connectivity index (χ0v) is 20.1. The fourth-order valence-corrected chi connectivity index (χ4v) is 6.17. The van der Waals surface area contributed by atoms with Gasteiger partial charge in [-0.25, -0.2) is 0 Å². The molecule has 0 aromatic heterocycles. The van der Waals surface area contributed by atoms with Gasteiger partial charge in [0.05, 0.1) is 19.3 Å². The minimum absolute atomic E-state index is 0.0451. The third kappa shape index (κ3) is 3.49. The average Bonchev–Trinajstić information content (AvgIpc) is 3.39. The Morgan fingerprint density at radius 3 is 2.57 bits per heavy atom. The zero-order valence-electron chi connectivity index (χ0n) is 19.3. The number of halogens is 1. The van der Waals surface area contributed by atoms with E-state index in [1.807, 2.05) is 6.92 Å². The normalized spacial score (nSPS) is 26.8. The quantitative estimate of drug-likeness (QED) is 0.508. The summed E-state index contributed by atoms with van der Waals surface area (Å²) < 4.78 is 5.19. The standard InChI is InChI=1S/C25H25ClN4O5/c1-12-9-14(26)10-16-21(12)28-24(34)25(16)20-19(17(29-25)7-8-18(27)31)22(32)30(23(20)33)11-13-3-5-15(35-2)6-4-13/h3-6,9-10,17,19-20,29H,7-8,11H2,1-2H3,(H2,27,31)(H,28,34)/p+1/t17-,19-,20+,25-/m1/s1. The van der Waals surface area contributed by atoms with Crippen LogP contribution in [0.5, 0.6) is 5.75 Å². The van der Waals surface area contributed by atoms with Crippen molar-refractivity contribution in [1.29, 1.82) is 0 Å². The number of nitrogens with zero attached hydrogens (tertiary/aromatic N) is 1. The largest absolute Gasteiger partial charge is 0.497 e. The van der Waals surface area contributed by atoms with Crippen LogP contribution < -0.4 is 21.1 Å². The molecule has 2 saturated heterocycles. The van der Waals surface area contributed by atoms with Crippen LogP contribution in [-0.4, -0.2) is 41.7 Å². The lowest BCUT2D eigenvalue weighted by molar-refractivity contribution is -0.734. The van der Waals surface area contributed by atoms with Gasteiger partial charge in [-0.1, -0.05) is 23.7 Å². The number of nitrogens with two attached hydrogens (primary N) is 2. The first kappa shape index (κ1) is 23.3. The molecule has 3 aliphatic heterocycles. The summed E-state index contributed by atoms with van der Waals surface area (Å²) in [6, 6.07) is 10.1. The Hall–Kier alpha value is -3.43. The number of anilines is 1. The summed E-state index contributed by atoms with van der Waals surface area (Å²) in [6.07, 6.45) is 0.319. The third-order valence-electron chi connectivity index (χ3n) is 7.46. The van der Waals surface area contributed by atoms with Gasteiger partial charge in [0.15, 0.2) is 0 Å². The number of ether oxygens (including phenoxy) is 1. The summed E-state index contributed by atoms with van der Waals surface area (Å²) in [7, 11) is 1.56. The Morgan fingerprint density at radius 2 is 1.91 bits per heavy atom. The lowest BCUT2D eigenvalue weighted by Gasteiger charge is -2.26. The molecule has 10 heteroatoms. The van der Waals surface area contributed by atoms with Crippen molar-refractivity contribution in [2.75, 3.05) is 12.4 Å². The summed E-state index contributed by atoms with van der Waals surface area (Å²) in [5.41, 5.74) is 6.78. The van der Waals surface area contributed by atoms with E-state index in [4.69, 9.17) is 22.1 Å². The maximum Gasteiger partial charge on any atom is 0.291 e. The summed E-state index contributed by atoms with van der Waals surface area (Å²) in [6.45, 7) is 1.91. The summed E-state index contributed by atoms with van der Waals surface area (Å²) >= 11 is 6.36. The van der Waals surface area contributed by atoms with Crippen molar-refractivity contribution >= 4 is 40.9 Å². The van der Waals surface area contributed by atoms with Gasteiger partial charge in [0.1, 0.15) is 23.6 Å². The van der Waals surface area contributed by atoms with Gasteiger partial charge in [-0.3, -0.25) is 24.1 Å². The number of hydrogen-bond donors (Lipinski definition) is 3. The second-order valence-corrected chi connectivity index (χ2v) is 9.85. The highest BCUT2D eigenvalue weighted by Crippen LogP contribution is 2.51. The topological polar surface area (TPSA) is 135 Å². The van der Waals surface area contributed by atoms with Crippen LogP contribution >= 0.6 is 11.6 Å². The fourth-order valence-electron chi connectivity index (χ4n) is 5.90. The molecule has 2 aromatic carbocycles. The minimum atomic E-state index is -1.35. The summed E-state index contributed by atoms with van der Waals surface area (Å²) in [4.78, 5) is 53.9. The second kappa shape index (κ2) is 8.35. The molecule has 4 atom stereocenters. The van der Waals surface area contributed by atoms with Gasteiger partial charge in [0, 0.05) is 23.4 Å². The number of methoxy groups -OCH3 is 1. The molecule has 2 aromatic rings. The molecule has 3 heterocycles. The van der Waals surface area contributed by atoms with Crippen LogP contribution in [0.15, 0.2) is 36.4 Å². The van der Waals surface area contributed by atoms with E-state index in [1.54, 1.807) is 48.8 Å². The minimum Gasteiger partial charge on any atom is -0.497 e. The molecule has 5 rings (SSSR count). The van der Waals surface area contributed by atoms with Crippen LogP contribution in [0.25, 0.3) is 0 Å². The lowest BCUT2D eigenvalue weighted by atomic mass is 9.76. The first-order valence-corrected chi connectivity index (χ1v) is 11.8. The van der Waals surface area contributed by atoms with Crippen LogP contribution in [-0.2, 0) is 31.3 Å². The van der Waals surface area contributed by atoms with E-state index in [0.717, 1.165) is 11.1 Å². The number of hydrogen-bond acceptors (Lipinski definition) is 5. The van der Waals surface area contributed by atoms with E-state index in [9.17, 15) is 19.2 Å². The number of aryl methyl sites for hydroxylation is 1. The number of fused-ring (bicyclic) bond motifs is 4. The Kier molecular flexibility index (Phi) is 5.56. The molecule has 0 unspecified atom stereocenters. The molecule has 35 heavy (non-hydrogen) atoms. The van der Waals surface area contributed by atoms with E-state index in [0.29, 0.717) is 22.0 Å². The molecular weight excluding hydrogens is 472 g/mol. The van der Waals surface area contributed by atoms with E-state index in [2.05, 4.69) is 5.32 Å². The van der Waals surface area contributed by atoms with Crippen molar-refractivity contribution in [1.82, 2.24) is 4.90 Å². The monoisotopic (exact) mass is 497 g/mol. The predicted molar refractivity (Wildman–Crippen MR) is 126 cm³/mol. The van der Waals surface area contributed by atoms with Crippen LogP contribution in [0, 0.1) is 18.8 Å². The number of primary amides is 1. The first-order chi connectivity index (χ1) is 16.7. The number of quaternary nitrogens is 1. The SMILES string of the molecule is COc1ccc(CN2C(=O)[C@H]3[C@@H](C2=O)[C@@]2([NH2+][C@@H]3CCC(N)=O)C(=O)Nc3c(C)cc(Cl)cc32)cc1. The maximum atomic E-state index is 13.9. The number of likely N-dealkylation sites (tertiary alicyclic amines) is 1. The van der Waals surface area contributed by atoms with Gasteiger partial charge < -0.3 is 21.1 Å². The number of nitrogens with one attached hydrogen (secondary N) is 1. The van der Waals surface area contributed by atoms with Crippen molar-refractivity contribution in [2.45, 2.75) is 37.9 Å². The number of amides is 4. The fraction of sp³-hybridized carbons (Fsp3) is 0.360. The highest BCUT2D eigenvalue weighted by molar-refractivity contribution is 6.31. The predicted octanol–water partition coefficient (Wildman–Crippen LogP) is 0.817. The maximum absolute atomic E-state index is 13.9. The Bertz CT molecular complexity index is 1260. The smallest absolute Gasteiger partial charge is 0.291 e. The Labute approximate surface area is 206 Å². The molecule has 1 spiro atoms. The van der Waals surface area contributed by atoms with Gasteiger partial charge in [-0.15, -0.1) is 0 Å². The summed E-state index contributed by atoms with van der Waals surface area (Å²) in [5, 5.41) is 5.14. The highest BCUT2D eigenvalue weighted by atomic mass is 35.5. The molecule has 182 valence electrons. The van der Waals surface area contributed by atoms with Crippen molar-refractivity contribution < 1.29 is 29.2 Å². The molecule has 0 bridgehead atoms. The Balaban J connectivity index is 1.58. The van der Waals surface area contributed by atoms with E-state index in [-0.39, 0.29) is 31.2 Å². The van der Waals surface area contributed by atoms with Gasteiger partial charge in [-0.05, 0) is 42.3 Å². The third-order valence-corrected chi connectivity index (χ3v) is 7.67. The van der Waals surface area contributed by atoms with Gasteiger partial charge in [-0.2, -0.15) is 0 Å². The molecule has 0 aliphatic carbocycles. The van der Waals surface area contributed by atoms with Crippen molar-refractivity contribution in [3.8, 4) is 5.75 Å². The molecule has 0 radical (unpaired) electrons. The molecule has 3 aliphatic rings. The van der Waals surface area contributed by atoms with Crippen molar-refractivity contribution in [3.63, 3.8) is 0 Å². The van der Waals surface area contributed by atoms with Gasteiger partial charge >= 0.3 is 0 Å². The molecule has 2 fully saturated rings. The van der Waals surface area contributed by atoms with Crippen LogP contribution in [0.2, 0.25) is 5.02 Å².